The molecule has 3 N–H and O–H groups in total. The summed E-state index contributed by atoms with van der Waals surface area (Å²) in [5, 5.41) is 3.75. The molecule has 0 saturated heterocycles. The molecule has 1 aromatic rings. The van der Waals surface area contributed by atoms with Crippen LogP contribution in [0.1, 0.15) is 24.8 Å². The molecule has 96 valence electrons. The summed E-state index contributed by atoms with van der Waals surface area (Å²) in [6, 6.07) is 4.93. The van der Waals surface area contributed by atoms with Gasteiger partial charge >= 0.3 is 0 Å². The van der Waals surface area contributed by atoms with Gasteiger partial charge in [0.05, 0.1) is 0 Å². The van der Waals surface area contributed by atoms with Crippen molar-refractivity contribution in [1.82, 2.24) is 0 Å². The second kappa shape index (κ2) is 3.66. The Morgan fingerprint density at radius 3 is 2.56 bits per heavy atom. The normalized spacial score (nSPS) is 39.8. The number of benzene rings is 1. The highest BCUT2D eigenvalue weighted by Crippen LogP contribution is 2.66. The number of nitrogen functional groups attached to an aromatic ring is 1. The van der Waals surface area contributed by atoms with E-state index in [0.717, 1.165) is 45.4 Å². The minimum absolute atomic E-state index is 0.732. The maximum Gasteiger partial charge on any atom is 0.0491 e. The Bertz CT molecular complexity index is 497. The number of anilines is 2. The van der Waals surface area contributed by atoms with Crippen LogP contribution >= 0.6 is 15.9 Å². The molecule has 3 aliphatic rings. The smallest absolute Gasteiger partial charge is 0.0491 e. The van der Waals surface area contributed by atoms with Crippen LogP contribution in [0.4, 0.5) is 11.4 Å². The van der Waals surface area contributed by atoms with Crippen molar-refractivity contribution >= 4 is 27.3 Å². The topological polar surface area (TPSA) is 38.0 Å². The second-order valence-corrected chi connectivity index (χ2v) is 7.20. The van der Waals surface area contributed by atoms with Crippen molar-refractivity contribution < 1.29 is 0 Å². The Balaban J connectivity index is 1.55. The van der Waals surface area contributed by atoms with E-state index in [0.29, 0.717) is 0 Å². The first-order chi connectivity index (χ1) is 8.65. The molecule has 0 heterocycles. The molecule has 3 fully saturated rings. The van der Waals surface area contributed by atoms with E-state index in [1.807, 2.05) is 6.07 Å². The predicted molar refractivity (Wildman–Crippen MR) is 78.5 cm³/mol. The lowest BCUT2D eigenvalue weighted by Gasteiger charge is -2.14. The van der Waals surface area contributed by atoms with E-state index >= 15 is 0 Å². The summed E-state index contributed by atoms with van der Waals surface area (Å²) >= 11 is 3.62. The van der Waals surface area contributed by atoms with Gasteiger partial charge in [-0.25, -0.2) is 0 Å². The molecule has 2 bridgehead atoms. The number of nitrogens with one attached hydrogen (secondary N) is 1. The number of nitrogens with two attached hydrogens (primary N) is 1. The summed E-state index contributed by atoms with van der Waals surface area (Å²) in [5.74, 6) is 3.97. The lowest BCUT2D eigenvalue weighted by atomic mass is 10.0. The van der Waals surface area contributed by atoms with Gasteiger partial charge in [-0.2, -0.15) is 0 Å². The molecule has 0 radical (unpaired) electrons. The van der Waals surface area contributed by atoms with Gasteiger partial charge in [0.25, 0.3) is 0 Å². The fraction of sp³-hybridized carbons (Fsp3) is 0.600. The third-order valence-corrected chi connectivity index (χ3v) is 6.07. The third kappa shape index (κ3) is 1.46. The molecule has 4 rings (SSSR count). The highest BCUT2D eigenvalue weighted by Gasteiger charge is 2.65. The highest BCUT2D eigenvalue weighted by molar-refractivity contribution is 9.10. The Hall–Kier alpha value is -0.700. The molecular formula is C15H19BrN2. The first kappa shape index (κ1) is 11.2. The van der Waals surface area contributed by atoms with E-state index in [2.05, 4.69) is 34.2 Å². The molecule has 0 aromatic heterocycles. The van der Waals surface area contributed by atoms with E-state index in [9.17, 15) is 0 Å². The predicted octanol–water partition coefficient (Wildman–Crippen LogP) is 3.80. The Morgan fingerprint density at radius 2 is 1.89 bits per heavy atom. The fourth-order valence-electron chi connectivity index (χ4n) is 4.51. The van der Waals surface area contributed by atoms with Crippen molar-refractivity contribution in [1.29, 1.82) is 0 Å². The van der Waals surface area contributed by atoms with Crippen molar-refractivity contribution in [2.75, 3.05) is 11.1 Å². The van der Waals surface area contributed by atoms with Gasteiger partial charge in [-0.3, -0.25) is 0 Å². The maximum atomic E-state index is 5.92. The molecule has 3 aliphatic carbocycles. The van der Waals surface area contributed by atoms with E-state index in [4.69, 9.17) is 5.73 Å². The number of fused-ring (bicyclic) bond motifs is 5. The van der Waals surface area contributed by atoms with Crippen molar-refractivity contribution in [2.24, 2.45) is 23.7 Å². The van der Waals surface area contributed by atoms with Crippen LogP contribution in [0, 0.1) is 30.6 Å². The van der Waals surface area contributed by atoms with Gasteiger partial charge in [0.2, 0.25) is 0 Å². The van der Waals surface area contributed by atoms with Crippen LogP contribution < -0.4 is 11.1 Å². The van der Waals surface area contributed by atoms with Crippen LogP contribution in [0.3, 0.4) is 0 Å². The Morgan fingerprint density at radius 1 is 1.22 bits per heavy atom. The molecular weight excluding hydrogens is 288 g/mol. The van der Waals surface area contributed by atoms with Crippen LogP contribution in [0.15, 0.2) is 16.6 Å². The molecule has 4 unspecified atom stereocenters. The number of aryl methyl sites for hydroxylation is 1. The molecule has 1 aromatic carbocycles. The molecule has 4 atom stereocenters. The van der Waals surface area contributed by atoms with Crippen molar-refractivity contribution in [3.63, 3.8) is 0 Å². The highest BCUT2D eigenvalue weighted by atomic mass is 79.9. The fourth-order valence-corrected chi connectivity index (χ4v) is 4.98. The first-order valence-corrected chi connectivity index (χ1v) is 7.76. The lowest BCUT2D eigenvalue weighted by Crippen LogP contribution is -2.13. The first-order valence-electron chi connectivity index (χ1n) is 6.97. The average Bonchev–Trinajstić information content (AvgIpc) is 2.72. The molecule has 0 spiro atoms. The largest absolute Gasteiger partial charge is 0.398 e. The second-order valence-electron chi connectivity index (χ2n) is 6.35. The van der Waals surface area contributed by atoms with E-state index in [1.54, 1.807) is 0 Å². The Labute approximate surface area is 116 Å². The van der Waals surface area contributed by atoms with E-state index in [-0.39, 0.29) is 0 Å². The van der Waals surface area contributed by atoms with E-state index in [1.165, 1.54) is 24.9 Å². The zero-order valence-corrected chi connectivity index (χ0v) is 12.2. The van der Waals surface area contributed by atoms with Crippen LogP contribution in [0.2, 0.25) is 0 Å². The van der Waals surface area contributed by atoms with Crippen LogP contribution in [-0.2, 0) is 0 Å². The van der Waals surface area contributed by atoms with Gasteiger partial charge in [-0.05, 0) is 83.5 Å². The Kier molecular flexibility index (Phi) is 2.27. The molecule has 3 saturated carbocycles. The SMILES string of the molecule is Cc1cc(NC2C3C4CCC(C4)C23)c(Br)cc1N. The lowest BCUT2D eigenvalue weighted by molar-refractivity contribution is 0.456. The van der Waals surface area contributed by atoms with Gasteiger partial charge in [-0.1, -0.05) is 0 Å². The molecule has 3 heteroatoms. The van der Waals surface area contributed by atoms with Gasteiger partial charge < -0.3 is 11.1 Å². The van der Waals surface area contributed by atoms with Crippen molar-refractivity contribution in [3.8, 4) is 0 Å². The molecule has 0 amide bonds. The zero-order valence-electron chi connectivity index (χ0n) is 10.6. The summed E-state index contributed by atoms with van der Waals surface area (Å²) in [6.45, 7) is 2.07. The summed E-state index contributed by atoms with van der Waals surface area (Å²) in [5.41, 5.74) is 9.17. The third-order valence-electron chi connectivity index (χ3n) is 5.41. The van der Waals surface area contributed by atoms with Gasteiger partial charge in [0.1, 0.15) is 0 Å². The van der Waals surface area contributed by atoms with Crippen LogP contribution in [0.25, 0.3) is 0 Å². The minimum atomic E-state index is 0.732. The standard InChI is InChI=1S/C15H19BrN2/c1-7-4-12(10(16)6-11(7)17)18-15-13-8-2-3-9(5-8)14(13)15/h4,6,8-9,13-15,18H,2-3,5,17H2,1H3. The quantitative estimate of drug-likeness (QED) is 0.816. The number of hydrogen-bond acceptors (Lipinski definition) is 2. The van der Waals surface area contributed by atoms with Crippen LogP contribution in [0.5, 0.6) is 0 Å². The monoisotopic (exact) mass is 306 g/mol. The maximum absolute atomic E-state index is 5.92. The van der Waals surface area contributed by atoms with Crippen molar-refractivity contribution in [2.45, 2.75) is 32.2 Å². The van der Waals surface area contributed by atoms with Gasteiger partial charge in [0, 0.05) is 21.9 Å². The van der Waals surface area contributed by atoms with Gasteiger partial charge in [-0.15, -0.1) is 0 Å². The zero-order chi connectivity index (χ0) is 12.4. The van der Waals surface area contributed by atoms with E-state index < -0.39 is 0 Å². The molecule has 0 aliphatic heterocycles. The summed E-state index contributed by atoms with van der Waals surface area (Å²) in [7, 11) is 0. The molecule has 2 nitrogen and oxygen atoms in total. The summed E-state index contributed by atoms with van der Waals surface area (Å²) in [6.07, 6.45) is 4.47. The number of hydrogen-bond donors (Lipinski definition) is 2. The number of halogens is 1. The van der Waals surface area contributed by atoms with Gasteiger partial charge in [0.15, 0.2) is 0 Å². The summed E-state index contributed by atoms with van der Waals surface area (Å²) in [4.78, 5) is 0. The van der Waals surface area contributed by atoms with Crippen LogP contribution in [-0.4, -0.2) is 6.04 Å². The average molecular weight is 307 g/mol. The minimum Gasteiger partial charge on any atom is -0.398 e. The van der Waals surface area contributed by atoms with Crippen molar-refractivity contribution in [3.05, 3.63) is 22.2 Å². The number of rotatable bonds is 2. The summed E-state index contributed by atoms with van der Waals surface area (Å²) < 4.78 is 1.10. The molecule has 18 heavy (non-hydrogen) atoms.